The number of benzene rings is 1. The predicted molar refractivity (Wildman–Crippen MR) is 86.9 cm³/mol. The number of ether oxygens (including phenoxy) is 1. The second-order valence-electron chi connectivity index (χ2n) is 5.26. The smallest absolute Gasteiger partial charge is 0.312 e. The molecule has 1 saturated heterocycles. The molecule has 0 radical (unpaired) electrons. The van der Waals surface area contributed by atoms with Crippen molar-refractivity contribution in [1.82, 2.24) is 19.5 Å². The van der Waals surface area contributed by atoms with Crippen molar-refractivity contribution in [3.63, 3.8) is 0 Å². The van der Waals surface area contributed by atoms with Gasteiger partial charge < -0.3 is 10.1 Å². The molecular weight excluding hydrogens is 365 g/mol. The Hall–Kier alpha value is -2.06. The first-order valence-electron chi connectivity index (χ1n) is 7.25. The third-order valence-electron chi connectivity index (χ3n) is 3.72. The van der Waals surface area contributed by atoms with E-state index in [1.165, 1.54) is 0 Å². The normalized spacial score (nSPS) is 17.7. The topological polar surface area (TPSA) is 64.9 Å². The molecule has 1 unspecified atom stereocenters. The molecule has 0 spiro atoms. The van der Waals surface area contributed by atoms with Crippen molar-refractivity contribution in [3.05, 3.63) is 41.1 Å². The lowest BCUT2D eigenvalue weighted by molar-refractivity contribution is 0.0592. The van der Waals surface area contributed by atoms with Gasteiger partial charge >= 0.3 is 6.08 Å². The number of fused-ring (bicyclic) bond motifs is 1. The van der Waals surface area contributed by atoms with E-state index in [1.54, 1.807) is 10.9 Å². The number of imidazole rings is 1. The number of hydrogen-bond acceptors (Lipinski definition) is 5. The molecule has 3 aromatic rings. The molecule has 0 bridgehead atoms. The van der Waals surface area contributed by atoms with Crippen LogP contribution in [0.2, 0.25) is 0 Å². The number of nitrogens with zero attached hydrogens (tertiary/aromatic N) is 4. The van der Waals surface area contributed by atoms with Crippen molar-refractivity contribution in [2.45, 2.75) is 19.1 Å². The van der Waals surface area contributed by atoms with E-state index in [2.05, 4.69) is 36.2 Å². The zero-order chi connectivity index (χ0) is 15.8. The molecule has 0 saturated carbocycles. The fourth-order valence-electron chi connectivity index (χ4n) is 2.64. The van der Waals surface area contributed by atoms with Crippen LogP contribution in [0.1, 0.15) is 19.1 Å². The maximum absolute atomic E-state index is 13.9. The van der Waals surface area contributed by atoms with Gasteiger partial charge in [0.05, 0.1) is 6.33 Å². The van der Waals surface area contributed by atoms with Crippen LogP contribution in [-0.4, -0.2) is 26.1 Å². The molecule has 1 aliphatic rings. The average Bonchev–Trinajstić information content (AvgIpc) is 3.18. The maximum Gasteiger partial charge on any atom is 0.312 e. The van der Waals surface area contributed by atoms with Gasteiger partial charge in [-0.3, -0.25) is 4.57 Å². The van der Waals surface area contributed by atoms with Crippen molar-refractivity contribution in [1.29, 1.82) is 0 Å². The zero-order valence-corrected chi connectivity index (χ0v) is 13.6. The van der Waals surface area contributed by atoms with Gasteiger partial charge in [-0.2, -0.15) is 14.4 Å². The minimum Gasteiger partial charge on any atom is -0.358 e. The Morgan fingerprint density at radius 1 is 1.26 bits per heavy atom. The average molecular weight is 378 g/mol. The Labute approximate surface area is 139 Å². The highest BCUT2D eigenvalue weighted by Gasteiger charge is 2.22. The van der Waals surface area contributed by atoms with E-state index in [4.69, 9.17) is 4.74 Å². The summed E-state index contributed by atoms with van der Waals surface area (Å²) in [6.45, 7) is 0.696. The van der Waals surface area contributed by atoms with Crippen LogP contribution < -0.4 is 5.32 Å². The van der Waals surface area contributed by atoms with Crippen LogP contribution in [0.4, 0.5) is 15.9 Å². The Bertz CT molecular complexity index is 845. The maximum atomic E-state index is 13.9. The molecule has 3 heterocycles. The van der Waals surface area contributed by atoms with Crippen LogP contribution in [-0.2, 0) is 4.74 Å². The van der Waals surface area contributed by atoms with Crippen LogP contribution >= 0.6 is 15.9 Å². The van der Waals surface area contributed by atoms with Crippen molar-refractivity contribution in [3.8, 4) is 0 Å². The number of anilines is 2. The molecule has 0 aliphatic carbocycles. The van der Waals surface area contributed by atoms with Crippen molar-refractivity contribution in [2.75, 3.05) is 11.9 Å². The zero-order valence-electron chi connectivity index (χ0n) is 12.0. The molecule has 2 aromatic heterocycles. The van der Waals surface area contributed by atoms with E-state index in [9.17, 15) is 4.39 Å². The lowest BCUT2D eigenvalue weighted by atomic mass is 10.3. The molecule has 23 heavy (non-hydrogen) atoms. The first kappa shape index (κ1) is 14.5. The fourth-order valence-corrected chi connectivity index (χ4v) is 2.90. The lowest BCUT2D eigenvalue weighted by Crippen LogP contribution is -2.08. The largest absolute Gasteiger partial charge is 0.358 e. The van der Waals surface area contributed by atoms with Gasteiger partial charge in [0.2, 0.25) is 0 Å². The van der Waals surface area contributed by atoms with Gasteiger partial charge in [0.25, 0.3) is 0 Å². The van der Waals surface area contributed by atoms with Crippen LogP contribution in [0, 0.1) is 6.08 Å². The Kier molecular flexibility index (Phi) is 3.70. The molecule has 1 aromatic carbocycles. The molecule has 4 rings (SSSR count). The number of aromatic nitrogens is 4. The minimum atomic E-state index is -0.795. The Balaban J connectivity index is 1.75. The van der Waals surface area contributed by atoms with Crippen LogP contribution in [0.15, 0.2) is 35.1 Å². The van der Waals surface area contributed by atoms with Gasteiger partial charge in [-0.1, -0.05) is 15.9 Å². The van der Waals surface area contributed by atoms with E-state index in [-0.39, 0.29) is 6.23 Å². The van der Waals surface area contributed by atoms with Crippen LogP contribution in [0.3, 0.4) is 0 Å². The summed E-state index contributed by atoms with van der Waals surface area (Å²) in [6, 6.07) is 7.52. The summed E-state index contributed by atoms with van der Waals surface area (Å²) in [5, 5.41) is 3.09. The quantitative estimate of drug-likeness (QED) is 0.703. The summed E-state index contributed by atoms with van der Waals surface area (Å²) < 4.78 is 22.2. The lowest BCUT2D eigenvalue weighted by Gasteiger charge is -2.12. The van der Waals surface area contributed by atoms with E-state index >= 15 is 0 Å². The van der Waals surface area contributed by atoms with Gasteiger partial charge in [-0.25, -0.2) is 4.98 Å². The molecule has 118 valence electrons. The standard InChI is InChI=1S/C15H13BrFN5O/c16-9-3-5-10(6-4-9)19-13-12-14(21-15(17)20-13)22(8-18-12)11-2-1-7-23-11/h3-6,8,11H,1-2,7H2,(H,19,20,21). The molecule has 1 N–H and O–H groups in total. The summed E-state index contributed by atoms with van der Waals surface area (Å²) in [6.07, 6.45) is 2.53. The molecular formula is C15H13BrFN5O. The highest BCUT2D eigenvalue weighted by atomic mass is 79.9. The summed E-state index contributed by atoms with van der Waals surface area (Å²) in [5.41, 5.74) is 1.74. The second-order valence-corrected chi connectivity index (χ2v) is 6.18. The summed E-state index contributed by atoms with van der Waals surface area (Å²) in [5.74, 6) is 0.339. The predicted octanol–water partition coefficient (Wildman–Crippen LogP) is 3.78. The van der Waals surface area contributed by atoms with E-state index < -0.39 is 6.08 Å². The first-order valence-corrected chi connectivity index (χ1v) is 8.04. The first-order chi connectivity index (χ1) is 11.2. The van der Waals surface area contributed by atoms with E-state index in [1.807, 2.05) is 24.3 Å². The van der Waals surface area contributed by atoms with Crippen molar-refractivity contribution < 1.29 is 9.13 Å². The monoisotopic (exact) mass is 377 g/mol. The third-order valence-corrected chi connectivity index (χ3v) is 4.25. The Morgan fingerprint density at radius 2 is 2.09 bits per heavy atom. The highest BCUT2D eigenvalue weighted by Crippen LogP contribution is 2.29. The molecule has 8 heteroatoms. The van der Waals surface area contributed by atoms with Gasteiger partial charge in [0.1, 0.15) is 6.23 Å². The van der Waals surface area contributed by atoms with Gasteiger partial charge in [0.15, 0.2) is 17.0 Å². The highest BCUT2D eigenvalue weighted by molar-refractivity contribution is 9.10. The number of hydrogen-bond donors (Lipinski definition) is 1. The molecule has 1 aliphatic heterocycles. The SMILES string of the molecule is Fc1nc(Nc2ccc(Br)cc2)c2ncn(C3CCCO3)c2n1. The summed E-state index contributed by atoms with van der Waals surface area (Å²) in [7, 11) is 0. The van der Waals surface area contributed by atoms with Gasteiger partial charge in [-0.15, -0.1) is 0 Å². The van der Waals surface area contributed by atoms with Gasteiger partial charge in [0, 0.05) is 16.8 Å². The van der Waals surface area contributed by atoms with Gasteiger partial charge in [-0.05, 0) is 37.1 Å². The van der Waals surface area contributed by atoms with Crippen molar-refractivity contribution in [2.24, 2.45) is 0 Å². The fraction of sp³-hybridized carbons (Fsp3) is 0.267. The van der Waals surface area contributed by atoms with Crippen molar-refractivity contribution >= 4 is 38.6 Å². The van der Waals surface area contributed by atoms with Crippen LogP contribution in [0.5, 0.6) is 0 Å². The molecule has 1 atom stereocenters. The molecule has 6 nitrogen and oxygen atoms in total. The number of halogens is 2. The second kappa shape index (κ2) is 5.86. The molecule has 1 fully saturated rings. The molecule has 0 amide bonds. The van der Waals surface area contributed by atoms with E-state index in [0.29, 0.717) is 23.6 Å². The third kappa shape index (κ3) is 2.79. The van der Waals surface area contributed by atoms with E-state index in [0.717, 1.165) is 23.0 Å². The summed E-state index contributed by atoms with van der Waals surface area (Å²) in [4.78, 5) is 12.1. The number of nitrogens with one attached hydrogen (secondary N) is 1. The Morgan fingerprint density at radius 3 is 2.83 bits per heavy atom. The van der Waals surface area contributed by atoms with Crippen LogP contribution in [0.25, 0.3) is 11.2 Å². The number of rotatable bonds is 3. The minimum absolute atomic E-state index is 0.144. The summed E-state index contributed by atoms with van der Waals surface area (Å²) >= 11 is 3.38.